The Morgan fingerprint density at radius 3 is 2.41 bits per heavy atom. The summed E-state index contributed by atoms with van der Waals surface area (Å²) in [4.78, 5) is 67.7. The molecule has 0 bridgehead atoms. The average molecular weight is 599 g/mol. The molecule has 0 radical (unpaired) electrons. The van der Waals surface area contributed by atoms with Crippen LogP contribution in [-0.4, -0.2) is 63.8 Å². The number of nitrogens with one attached hydrogen (secondary N) is 4. The van der Waals surface area contributed by atoms with E-state index in [1.54, 1.807) is 18.5 Å². The summed E-state index contributed by atoms with van der Waals surface area (Å²) in [5.41, 5.74) is 1.45. The lowest BCUT2D eigenvalue weighted by Gasteiger charge is -2.31. The first kappa shape index (κ1) is 29.2. The third kappa shape index (κ3) is 5.98. The molecule has 2 atom stereocenters. The Kier molecular flexibility index (Phi) is 8.25. The van der Waals surface area contributed by atoms with Crippen molar-refractivity contribution in [3.8, 4) is 0 Å². The van der Waals surface area contributed by atoms with Gasteiger partial charge in [0.1, 0.15) is 6.04 Å². The van der Waals surface area contributed by atoms with E-state index >= 15 is 0 Å². The summed E-state index contributed by atoms with van der Waals surface area (Å²) in [5, 5.41) is 23.7. The van der Waals surface area contributed by atoms with Crippen molar-refractivity contribution in [2.45, 2.75) is 50.8 Å². The first-order valence-corrected chi connectivity index (χ1v) is 14.9. The van der Waals surface area contributed by atoms with Crippen LogP contribution in [0.5, 0.6) is 0 Å². The van der Waals surface area contributed by atoms with E-state index in [4.69, 9.17) is 0 Å². The molecule has 6 amide bonds. The quantitative estimate of drug-likeness (QED) is 0.260. The van der Waals surface area contributed by atoms with Crippen molar-refractivity contribution < 1.29 is 29.1 Å². The molecule has 12 nitrogen and oxygen atoms in total. The predicted octanol–water partition coefficient (Wildman–Crippen LogP) is 2.84. The molecule has 5 N–H and O–H groups in total. The number of anilines is 1. The van der Waals surface area contributed by atoms with Crippen molar-refractivity contribution in [1.82, 2.24) is 25.8 Å². The molecule has 1 aromatic heterocycles. The highest BCUT2D eigenvalue weighted by Crippen LogP contribution is 2.36. The first-order valence-electron chi connectivity index (χ1n) is 14.9. The summed E-state index contributed by atoms with van der Waals surface area (Å²) < 4.78 is 0. The molecule has 6 rings (SSSR count). The second-order valence-corrected chi connectivity index (χ2v) is 11.7. The van der Waals surface area contributed by atoms with Crippen LogP contribution >= 0.6 is 0 Å². The number of fused-ring (bicyclic) bond motifs is 2. The predicted molar refractivity (Wildman–Crippen MR) is 160 cm³/mol. The van der Waals surface area contributed by atoms with E-state index < -0.39 is 30.0 Å². The number of hydrogen-bond acceptors (Lipinski definition) is 7. The van der Waals surface area contributed by atoms with Gasteiger partial charge in [-0.2, -0.15) is 0 Å². The summed E-state index contributed by atoms with van der Waals surface area (Å²) in [6, 6.07) is 11.1. The summed E-state index contributed by atoms with van der Waals surface area (Å²) in [6.45, 7) is 1.05. The topological polar surface area (TPSA) is 170 Å². The van der Waals surface area contributed by atoms with Crippen molar-refractivity contribution in [3.63, 3.8) is 0 Å². The fourth-order valence-electron chi connectivity index (χ4n) is 6.37. The Morgan fingerprint density at radius 2 is 1.66 bits per heavy atom. The van der Waals surface area contributed by atoms with Gasteiger partial charge in [-0.25, -0.2) is 4.79 Å². The monoisotopic (exact) mass is 598 g/mol. The Labute approximate surface area is 253 Å². The minimum atomic E-state index is -1.33. The van der Waals surface area contributed by atoms with E-state index in [1.807, 2.05) is 24.3 Å². The van der Waals surface area contributed by atoms with Gasteiger partial charge < -0.3 is 21.1 Å². The molecule has 3 heterocycles. The van der Waals surface area contributed by atoms with Crippen LogP contribution < -0.4 is 21.3 Å². The van der Waals surface area contributed by atoms with Gasteiger partial charge >= 0.3 is 6.03 Å². The van der Waals surface area contributed by atoms with Gasteiger partial charge in [0.25, 0.3) is 11.8 Å². The summed E-state index contributed by atoms with van der Waals surface area (Å²) in [5.74, 6) is -1.26. The molecule has 2 aromatic carbocycles. The normalized spacial score (nSPS) is 23.2. The first-order chi connectivity index (χ1) is 21.3. The summed E-state index contributed by atoms with van der Waals surface area (Å²) in [7, 11) is 0. The molecule has 2 fully saturated rings. The molecule has 12 heteroatoms. The van der Waals surface area contributed by atoms with Crippen LogP contribution in [0.25, 0.3) is 10.8 Å². The van der Waals surface area contributed by atoms with Crippen molar-refractivity contribution in [2.75, 3.05) is 18.4 Å². The highest BCUT2D eigenvalue weighted by molar-refractivity contribution is 6.07. The number of carbonyl (C=O) groups is 5. The summed E-state index contributed by atoms with van der Waals surface area (Å²) >= 11 is 0. The van der Waals surface area contributed by atoms with Crippen molar-refractivity contribution >= 4 is 46.1 Å². The number of nitrogens with zero attached hydrogens (tertiary/aromatic N) is 2. The van der Waals surface area contributed by atoms with Crippen LogP contribution in [0.15, 0.2) is 54.9 Å². The highest BCUT2D eigenvalue weighted by atomic mass is 16.3. The third-order valence-corrected chi connectivity index (χ3v) is 8.85. The number of aliphatic hydroxyl groups is 1. The minimum Gasteiger partial charge on any atom is -0.369 e. The molecule has 0 spiro atoms. The minimum absolute atomic E-state index is 0.0779. The number of imide groups is 1. The van der Waals surface area contributed by atoms with Crippen LogP contribution in [0.1, 0.15) is 71.0 Å². The van der Waals surface area contributed by atoms with E-state index in [0.717, 1.165) is 41.4 Å². The Bertz CT molecular complexity index is 1630. The molecular weight excluding hydrogens is 564 g/mol. The maximum Gasteiger partial charge on any atom is 0.319 e. The molecule has 2 aliphatic heterocycles. The Balaban J connectivity index is 0.958. The van der Waals surface area contributed by atoms with Crippen molar-refractivity contribution in [1.29, 1.82) is 0 Å². The molecule has 1 aliphatic carbocycles. The van der Waals surface area contributed by atoms with Gasteiger partial charge in [0, 0.05) is 53.2 Å². The van der Waals surface area contributed by atoms with Crippen LogP contribution in [-0.2, 0) is 9.59 Å². The molecule has 1 saturated heterocycles. The maximum absolute atomic E-state index is 13.1. The van der Waals surface area contributed by atoms with Gasteiger partial charge in [-0.05, 0) is 56.1 Å². The van der Waals surface area contributed by atoms with Gasteiger partial charge in [-0.15, -0.1) is 0 Å². The van der Waals surface area contributed by atoms with E-state index in [9.17, 15) is 29.1 Å². The summed E-state index contributed by atoms with van der Waals surface area (Å²) in [6.07, 6.45) is 5.96. The lowest BCUT2D eigenvalue weighted by Crippen LogP contribution is -2.53. The van der Waals surface area contributed by atoms with Crippen LogP contribution in [0.3, 0.4) is 0 Å². The second-order valence-electron chi connectivity index (χ2n) is 11.7. The standard InChI is InChI=1S/C32H34N6O6/c39-27-12-11-26(29(41)37-27)38-30(42)23-10-9-20(13-24(23)31(38)43)28(40)34-14-18-5-7-19(8-6-18)15-35-32(44)36-25-17-33-16-21-3-1-2-4-22(21)25/h1-4,9-10,13,16-19,26,30,42H,5-8,11-12,14-15H2,(H,34,40)(H2,35,36,44)(H,37,39,41)/t18-,19-,26?,30?. The zero-order chi connectivity index (χ0) is 30.8. The molecular formula is C32H34N6O6. The second kappa shape index (κ2) is 12.4. The third-order valence-electron chi connectivity index (χ3n) is 8.85. The van der Waals surface area contributed by atoms with Gasteiger partial charge in [0.15, 0.2) is 6.23 Å². The van der Waals surface area contributed by atoms with Gasteiger partial charge in [-0.1, -0.05) is 30.3 Å². The Morgan fingerprint density at radius 1 is 0.932 bits per heavy atom. The van der Waals surface area contributed by atoms with Gasteiger partial charge in [0.05, 0.1) is 11.9 Å². The number of piperidine rings is 1. The fourth-order valence-corrected chi connectivity index (χ4v) is 6.37. The highest BCUT2D eigenvalue weighted by Gasteiger charge is 2.44. The van der Waals surface area contributed by atoms with Crippen LogP contribution in [0.4, 0.5) is 10.5 Å². The molecule has 44 heavy (non-hydrogen) atoms. The maximum atomic E-state index is 13.1. The molecule has 3 aliphatic rings. The number of amides is 6. The SMILES string of the molecule is O=C1CCC(N2C(=O)c3cc(C(=O)NC[C@H]4CC[C@H](CNC(=O)Nc5cncc6ccccc56)CC4)ccc3C2O)C(=O)N1. The number of aromatic nitrogens is 1. The average Bonchev–Trinajstić information content (AvgIpc) is 3.28. The zero-order valence-corrected chi connectivity index (χ0v) is 24.0. The van der Waals surface area contributed by atoms with Crippen LogP contribution in [0.2, 0.25) is 0 Å². The molecule has 1 saturated carbocycles. The van der Waals surface area contributed by atoms with Gasteiger partial charge in [-0.3, -0.25) is 34.4 Å². The van der Waals surface area contributed by atoms with Crippen LogP contribution in [0, 0.1) is 11.8 Å². The molecule has 2 unspecified atom stereocenters. The van der Waals surface area contributed by atoms with E-state index in [-0.39, 0.29) is 30.3 Å². The molecule has 3 aromatic rings. The number of carbonyl (C=O) groups excluding carboxylic acids is 5. The lowest BCUT2D eigenvalue weighted by atomic mass is 9.82. The van der Waals surface area contributed by atoms with E-state index in [0.29, 0.717) is 41.7 Å². The van der Waals surface area contributed by atoms with E-state index in [1.165, 1.54) is 12.1 Å². The number of rotatable bonds is 7. The lowest BCUT2D eigenvalue weighted by molar-refractivity contribution is -0.139. The number of aliphatic hydroxyl groups excluding tert-OH is 1. The largest absolute Gasteiger partial charge is 0.369 e. The number of pyridine rings is 1. The van der Waals surface area contributed by atoms with Gasteiger partial charge in [0.2, 0.25) is 11.8 Å². The fraction of sp³-hybridized carbons (Fsp3) is 0.375. The number of benzene rings is 2. The smallest absolute Gasteiger partial charge is 0.319 e. The number of hydrogen-bond donors (Lipinski definition) is 5. The molecule has 228 valence electrons. The Hall–Kier alpha value is -4.84. The van der Waals surface area contributed by atoms with Crippen molar-refractivity contribution in [3.05, 3.63) is 71.5 Å². The van der Waals surface area contributed by atoms with E-state index in [2.05, 4.69) is 26.3 Å². The van der Waals surface area contributed by atoms with Crippen molar-refractivity contribution in [2.24, 2.45) is 11.8 Å². The zero-order valence-electron chi connectivity index (χ0n) is 24.0. The number of urea groups is 1.